The highest BCUT2D eigenvalue weighted by Crippen LogP contribution is 2.30. The quantitative estimate of drug-likeness (QED) is 0.678. The van der Waals surface area contributed by atoms with Gasteiger partial charge in [-0.1, -0.05) is 20.4 Å². The van der Waals surface area contributed by atoms with Crippen molar-refractivity contribution in [1.29, 1.82) is 0 Å². The summed E-state index contributed by atoms with van der Waals surface area (Å²) in [4.78, 5) is 6.58. The van der Waals surface area contributed by atoms with Crippen molar-refractivity contribution in [3.05, 3.63) is 35.7 Å². The van der Waals surface area contributed by atoms with Crippen molar-refractivity contribution in [3.8, 4) is 0 Å². The van der Waals surface area contributed by atoms with Crippen LogP contribution >= 0.6 is 0 Å². The van der Waals surface area contributed by atoms with Gasteiger partial charge in [0.25, 0.3) is 0 Å². The molecule has 2 heteroatoms. The summed E-state index contributed by atoms with van der Waals surface area (Å²) >= 11 is 0. The Morgan fingerprint density at radius 1 is 1.47 bits per heavy atom. The molecule has 0 saturated carbocycles. The first kappa shape index (κ1) is 13.8. The van der Waals surface area contributed by atoms with Crippen LogP contribution in [0.3, 0.4) is 0 Å². The average Bonchev–Trinajstić information content (AvgIpc) is 2.40. The summed E-state index contributed by atoms with van der Waals surface area (Å²) in [6.45, 7) is 10.8. The van der Waals surface area contributed by atoms with Gasteiger partial charge in [-0.05, 0) is 48.6 Å². The number of rotatable bonds is 3. The third kappa shape index (κ3) is 3.58. The highest BCUT2D eigenvalue weighted by molar-refractivity contribution is 5.63. The Hall–Kier alpha value is -1.31. The lowest BCUT2D eigenvalue weighted by atomic mass is 9.86. The van der Waals surface area contributed by atoms with Gasteiger partial charge in [-0.15, -0.1) is 0 Å². The van der Waals surface area contributed by atoms with Gasteiger partial charge in [0.1, 0.15) is 0 Å². The maximum absolute atomic E-state index is 4.57. The second-order valence-corrected chi connectivity index (χ2v) is 5.15. The molecule has 0 aromatic rings. The topological polar surface area (TPSA) is 15.6 Å². The van der Waals surface area contributed by atoms with Crippen LogP contribution in [0.2, 0.25) is 0 Å². The van der Waals surface area contributed by atoms with Crippen LogP contribution in [0.25, 0.3) is 0 Å². The van der Waals surface area contributed by atoms with E-state index >= 15 is 0 Å². The van der Waals surface area contributed by atoms with Gasteiger partial charge in [0, 0.05) is 20.3 Å². The van der Waals surface area contributed by atoms with E-state index < -0.39 is 0 Å². The molecule has 17 heavy (non-hydrogen) atoms. The summed E-state index contributed by atoms with van der Waals surface area (Å²) in [7, 11) is 4.01. The van der Waals surface area contributed by atoms with E-state index in [0.29, 0.717) is 11.8 Å². The molecule has 94 valence electrons. The molecule has 0 fully saturated rings. The fourth-order valence-corrected chi connectivity index (χ4v) is 1.91. The Morgan fingerprint density at radius 3 is 2.71 bits per heavy atom. The molecule has 0 N–H and O–H groups in total. The highest BCUT2D eigenvalue weighted by atomic mass is 15.0. The van der Waals surface area contributed by atoms with E-state index in [0.717, 1.165) is 17.7 Å². The predicted molar refractivity (Wildman–Crippen MR) is 76.1 cm³/mol. The molecule has 1 aliphatic heterocycles. The molecule has 2 unspecified atom stereocenters. The first-order valence-electron chi connectivity index (χ1n) is 6.20. The van der Waals surface area contributed by atoms with Gasteiger partial charge < -0.3 is 4.90 Å². The van der Waals surface area contributed by atoms with E-state index in [-0.39, 0.29) is 0 Å². The van der Waals surface area contributed by atoms with Crippen LogP contribution in [0.5, 0.6) is 0 Å². The van der Waals surface area contributed by atoms with Crippen LogP contribution in [0, 0.1) is 11.8 Å². The van der Waals surface area contributed by atoms with Crippen molar-refractivity contribution in [1.82, 2.24) is 4.90 Å². The third-order valence-corrected chi connectivity index (χ3v) is 3.49. The van der Waals surface area contributed by atoms with Crippen molar-refractivity contribution >= 4 is 6.21 Å². The minimum Gasteiger partial charge on any atom is -0.383 e. The molecule has 0 radical (unpaired) electrons. The number of allylic oxidation sites excluding steroid dienone is 2. The summed E-state index contributed by atoms with van der Waals surface area (Å²) in [5.41, 5.74) is 3.40. The Morgan fingerprint density at radius 2 is 2.12 bits per heavy atom. The van der Waals surface area contributed by atoms with Gasteiger partial charge in [-0.25, -0.2) is 0 Å². The number of hydrogen-bond acceptors (Lipinski definition) is 2. The molecule has 0 bridgehead atoms. The maximum Gasteiger partial charge on any atom is 0.0684 e. The zero-order chi connectivity index (χ0) is 13.0. The molecule has 0 amide bonds. The number of hydrogen-bond donors (Lipinski definition) is 0. The van der Waals surface area contributed by atoms with E-state index in [4.69, 9.17) is 0 Å². The summed E-state index contributed by atoms with van der Waals surface area (Å²) in [5, 5.41) is 0. The maximum atomic E-state index is 4.57. The molecule has 1 aliphatic rings. The zero-order valence-corrected chi connectivity index (χ0v) is 11.7. The van der Waals surface area contributed by atoms with Crippen molar-refractivity contribution in [3.63, 3.8) is 0 Å². The molecule has 0 spiro atoms. The van der Waals surface area contributed by atoms with Crippen LogP contribution in [0.4, 0.5) is 0 Å². The lowest BCUT2D eigenvalue weighted by Crippen LogP contribution is -2.09. The van der Waals surface area contributed by atoms with Crippen LogP contribution in [-0.2, 0) is 0 Å². The molecular weight excluding hydrogens is 208 g/mol. The van der Waals surface area contributed by atoms with Crippen molar-refractivity contribution in [2.24, 2.45) is 16.8 Å². The van der Waals surface area contributed by atoms with Crippen molar-refractivity contribution in [2.75, 3.05) is 14.1 Å². The van der Waals surface area contributed by atoms with Crippen LogP contribution in [0.15, 0.2) is 40.7 Å². The molecule has 0 saturated heterocycles. The lowest BCUT2D eigenvalue weighted by Gasteiger charge is -2.18. The Bertz CT molecular complexity index is 372. The fraction of sp³-hybridized carbons (Fsp3) is 0.533. The SMILES string of the molecule is C=C(C=CN(C)C)C1=C(C)C(C)C(C)CC=N1. The molecule has 1 heterocycles. The second kappa shape index (κ2) is 5.85. The fourth-order valence-electron chi connectivity index (χ4n) is 1.91. The third-order valence-electron chi connectivity index (χ3n) is 3.49. The van der Waals surface area contributed by atoms with Gasteiger partial charge in [-0.3, -0.25) is 4.99 Å². The first-order chi connectivity index (χ1) is 7.93. The summed E-state index contributed by atoms with van der Waals surface area (Å²) < 4.78 is 0. The van der Waals surface area contributed by atoms with Crippen LogP contribution in [-0.4, -0.2) is 25.2 Å². The average molecular weight is 232 g/mol. The Labute approximate surface area is 105 Å². The van der Waals surface area contributed by atoms with Gasteiger partial charge in [0.05, 0.1) is 5.70 Å². The second-order valence-electron chi connectivity index (χ2n) is 5.15. The van der Waals surface area contributed by atoms with Crippen LogP contribution < -0.4 is 0 Å². The van der Waals surface area contributed by atoms with Gasteiger partial charge in [0.15, 0.2) is 0 Å². The van der Waals surface area contributed by atoms with E-state index in [2.05, 4.69) is 32.3 Å². The predicted octanol–water partition coefficient (Wildman–Crippen LogP) is 3.64. The number of nitrogens with zero attached hydrogens (tertiary/aromatic N) is 2. The van der Waals surface area contributed by atoms with Crippen LogP contribution in [0.1, 0.15) is 27.2 Å². The summed E-state index contributed by atoms with van der Waals surface area (Å²) in [6, 6.07) is 0. The van der Waals surface area contributed by atoms with E-state index in [9.17, 15) is 0 Å². The summed E-state index contributed by atoms with van der Waals surface area (Å²) in [6.07, 6.45) is 7.12. The van der Waals surface area contributed by atoms with E-state index in [1.54, 1.807) is 0 Å². The molecule has 0 aliphatic carbocycles. The monoisotopic (exact) mass is 232 g/mol. The minimum atomic E-state index is 0.567. The van der Waals surface area contributed by atoms with E-state index in [1.165, 1.54) is 5.57 Å². The van der Waals surface area contributed by atoms with Gasteiger partial charge in [0.2, 0.25) is 0 Å². The normalized spacial score (nSPS) is 25.2. The Kier molecular flexibility index (Phi) is 4.73. The smallest absolute Gasteiger partial charge is 0.0684 e. The standard InChI is InChI=1S/C15H24N2/c1-11-7-9-16-15(14(4)13(11)3)12(2)8-10-17(5)6/h8-11,13H,2,7H2,1,3-6H3. The first-order valence-corrected chi connectivity index (χ1v) is 6.20. The molecule has 0 aromatic carbocycles. The summed E-state index contributed by atoms with van der Waals surface area (Å²) in [5.74, 6) is 1.22. The minimum absolute atomic E-state index is 0.567. The van der Waals surface area contributed by atoms with Crippen molar-refractivity contribution < 1.29 is 0 Å². The Balaban J connectivity index is 2.97. The van der Waals surface area contributed by atoms with E-state index in [1.807, 2.05) is 37.5 Å². The molecule has 1 rings (SSSR count). The van der Waals surface area contributed by atoms with Crippen molar-refractivity contribution in [2.45, 2.75) is 27.2 Å². The molecular formula is C15H24N2. The van der Waals surface area contributed by atoms with Gasteiger partial charge >= 0.3 is 0 Å². The van der Waals surface area contributed by atoms with Gasteiger partial charge in [-0.2, -0.15) is 0 Å². The molecule has 2 nitrogen and oxygen atoms in total. The highest BCUT2D eigenvalue weighted by Gasteiger charge is 2.19. The zero-order valence-electron chi connectivity index (χ0n) is 11.7. The largest absolute Gasteiger partial charge is 0.383 e. The number of aliphatic imine (C=N–C) groups is 1. The molecule has 2 atom stereocenters. The molecule has 0 aromatic heterocycles. The lowest BCUT2D eigenvalue weighted by molar-refractivity contribution is 0.459.